The molecule has 6 heteroatoms. The lowest BCUT2D eigenvalue weighted by Gasteiger charge is -2.33. The third kappa shape index (κ3) is 3.96. The van der Waals surface area contributed by atoms with Crippen molar-refractivity contribution >= 4 is 12.2 Å². The Morgan fingerprint density at radius 3 is 2.32 bits per heavy atom. The Labute approximate surface area is 111 Å². The highest BCUT2D eigenvalue weighted by atomic mass is 16.6. The van der Waals surface area contributed by atoms with Crippen LogP contribution in [0, 0.1) is 0 Å². The maximum Gasteiger partial charge on any atom is 0.418 e. The monoisotopic (exact) mass is 263 g/mol. The van der Waals surface area contributed by atoms with Crippen LogP contribution in [0.25, 0.3) is 0 Å². The lowest BCUT2D eigenvalue weighted by Crippen LogP contribution is -2.49. The number of primary amides is 1. The highest BCUT2D eigenvalue weighted by Gasteiger charge is 2.23. The highest BCUT2D eigenvalue weighted by Crippen LogP contribution is 2.09. The zero-order valence-corrected chi connectivity index (χ0v) is 10.6. The predicted octanol–water partition coefficient (Wildman–Crippen LogP) is 1.02. The van der Waals surface area contributed by atoms with Crippen molar-refractivity contribution in [3.05, 3.63) is 35.9 Å². The number of piperazine rings is 1. The number of nitrogens with two attached hydrogens (primary N) is 1. The molecule has 1 heterocycles. The molecule has 1 aliphatic rings. The normalized spacial score (nSPS) is 16.1. The Hall–Kier alpha value is -2.08. The van der Waals surface area contributed by atoms with Gasteiger partial charge < -0.3 is 15.4 Å². The van der Waals surface area contributed by atoms with Crippen LogP contribution in [-0.4, -0.2) is 48.2 Å². The first-order chi connectivity index (χ1) is 9.15. The summed E-state index contributed by atoms with van der Waals surface area (Å²) in [6.45, 7) is 3.45. The lowest BCUT2D eigenvalue weighted by molar-refractivity contribution is 0.0917. The minimum atomic E-state index is -1.06. The van der Waals surface area contributed by atoms with Gasteiger partial charge in [-0.3, -0.25) is 4.90 Å². The predicted molar refractivity (Wildman–Crippen MR) is 69.4 cm³/mol. The smallest absolute Gasteiger partial charge is 0.359 e. The molecule has 0 radical (unpaired) electrons. The van der Waals surface area contributed by atoms with Gasteiger partial charge in [-0.1, -0.05) is 30.3 Å². The largest absolute Gasteiger partial charge is 0.418 e. The van der Waals surface area contributed by atoms with E-state index in [1.54, 1.807) is 0 Å². The Morgan fingerprint density at radius 2 is 1.74 bits per heavy atom. The van der Waals surface area contributed by atoms with Gasteiger partial charge in [-0.05, 0) is 5.56 Å². The second-order valence-corrected chi connectivity index (χ2v) is 4.44. The molecule has 0 atom stereocenters. The molecule has 2 amide bonds. The molecule has 1 aromatic rings. The SMILES string of the molecule is NC(=O)OC(=O)N1CCN(Cc2ccccc2)CC1. The average Bonchev–Trinajstić information content (AvgIpc) is 2.40. The molecule has 2 rings (SSSR count). The van der Waals surface area contributed by atoms with Gasteiger partial charge in [-0.2, -0.15) is 0 Å². The first-order valence-corrected chi connectivity index (χ1v) is 6.17. The summed E-state index contributed by atoms with van der Waals surface area (Å²) in [5, 5.41) is 0. The van der Waals surface area contributed by atoms with Crippen LogP contribution < -0.4 is 5.73 Å². The zero-order chi connectivity index (χ0) is 13.7. The maximum absolute atomic E-state index is 11.5. The number of rotatable bonds is 2. The Balaban J connectivity index is 1.79. The van der Waals surface area contributed by atoms with E-state index in [1.807, 2.05) is 18.2 Å². The first-order valence-electron chi connectivity index (χ1n) is 6.17. The number of ether oxygens (including phenoxy) is 1. The van der Waals surface area contributed by atoms with Gasteiger partial charge in [0.05, 0.1) is 0 Å². The van der Waals surface area contributed by atoms with Crippen molar-refractivity contribution < 1.29 is 14.3 Å². The number of nitrogens with zero attached hydrogens (tertiary/aromatic N) is 2. The van der Waals surface area contributed by atoms with Crippen LogP contribution >= 0.6 is 0 Å². The van der Waals surface area contributed by atoms with E-state index in [2.05, 4.69) is 21.8 Å². The molecule has 1 saturated heterocycles. The summed E-state index contributed by atoms with van der Waals surface area (Å²) < 4.78 is 4.35. The van der Waals surface area contributed by atoms with Gasteiger partial charge in [0, 0.05) is 32.7 Å². The molecule has 102 valence electrons. The summed E-state index contributed by atoms with van der Waals surface area (Å²) in [4.78, 5) is 25.7. The summed E-state index contributed by atoms with van der Waals surface area (Å²) in [5.74, 6) is 0. The van der Waals surface area contributed by atoms with Gasteiger partial charge in [0.15, 0.2) is 0 Å². The van der Waals surface area contributed by atoms with Crippen molar-refractivity contribution in [1.82, 2.24) is 9.80 Å². The summed E-state index contributed by atoms with van der Waals surface area (Å²) in [6.07, 6.45) is -1.72. The fraction of sp³-hybridized carbons (Fsp3) is 0.385. The molecule has 6 nitrogen and oxygen atoms in total. The standard InChI is InChI=1S/C13H17N3O3/c14-12(17)19-13(18)16-8-6-15(7-9-16)10-11-4-2-1-3-5-11/h1-5H,6-10H2,(H2,14,17). The number of amides is 2. The molecule has 0 spiro atoms. The molecule has 0 bridgehead atoms. The van der Waals surface area contributed by atoms with E-state index < -0.39 is 12.2 Å². The van der Waals surface area contributed by atoms with E-state index in [4.69, 9.17) is 5.73 Å². The van der Waals surface area contributed by atoms with E-state index >= 15 is 0 Å². The van der Waals surface area contributed by atoms with Gasteiger partial charge in [0.2, 0.25) is 0 Å². The Morgan fingerprint density at radius 1 is 1.11 bits per heavy atom. The van der Waals surface area contributed by atoms with E-state index in [1.165, 1.54) is 10.5 Å². The van der Waals surface area contributed by atoms with Crippen LogP contribution in [0.3, 0.4) is 0 Å². The second kappa shape index (κ2) is 6.19. The molecule has 0 aliphatic carbocycles. The Bertz CT molecular complexity index is 442. The van der Waals surface area contributed by atoms with E-state index in [0.717, 1.165) is 19.6 Å². The minimum absolute atomic E-state index is 0.541. The fourth-order valence-electron chi connectivity index (χ4n) is 2.08. The molecule has 1 aliphatic heterocycles. The van der Waals surface area contributed by atoms with Crippen LogP contribution in [0.5, 0.6) is 0 Å². The van der Waals surface area contributed by atoms with Gasteiger partial charge in [-0.25, -0.2) is 9.59 Å². The molecule has 19 heavy (non-hydrogen) atoms. The van der Waals surface area contributed by atoms with Crippen LogP contribution in [0.2, 0.25) is 0 Å². The van der Waals surface area contributed by atoms with Gasteiger partial charge in [0.1, 0.15) is 0 Å². The van der Waals surface area contributed by atoms with Gasteiger partial charge in [-0.15, -0.1) is 0 Å². The van der Waals surface area contributed by atoms with Crippen molar-refractivity contribution in [2.24, 2.45) is 5.73 Å². The lowest BCUT2D eigenvalue weighted by atomic mass is 10.2. The highest BCUT2D eigenvalue weighted by molar-refractivity contribution is 5.82. The van der Waals surface area contributed by atoms with Gasteiger partial charge >= 0.3 is 12.2 Å². The summed E-state index contributed by atoms with van der Waals surface area (Å²) in [5.41, 5.74) is 6.06. The fourth-order valence-corrected chi connectivity index (χ4v) is 2.08. The van der Waals surface area contributed by atoms with Crippen LogP contribution in [-0.2, 0) is 11.3 Å². The van der Waals surface area contributed by atoms with Crippen molar-refractivity contribution in [3.8, 4) is 0 Å². The van der Waals surface area contributed by atoms with E-state index in [-0.39, 0.29) is 0 Å². The number of carbonyl (C=O) groups is 2. The molecule has 2 N–H and O–H groups in total. The molecule has 1 fully saturated rings. The van der Waals surface area contributed by atoms with Crippen molar-refractivity contribution in [3.63, 3.8) is 0 Å². The van der Waals surface area contributed by atoms with Crippen LogP contribution in [0.15, 0.2) is 30.3 Å². The molecule has 0 unspecified atom stereocenters. The maximum atomic E-state index is 11.5. The third-order valence-corrected chi connectivity index (χ3v) is 3.07. The van der Waals surface area contributed by atoms with E-state index in [0.29, 0.717) is 13.1 Å². The number of hydrogen-bond donors (Lipinski definition) is 1. The van der Waals surface area contributed by atoms with Crippen molar-refractivity contribution in [2.75, 3.05) is 26.2 Å². The molecule has 0 aromatic heterocycles. The summed E-state index contributed by atoms with van der Waals surface area (Å²) in [6, 6.07) is 10.2. The number of hydrogen-bond acceptors (Lipinski definition) is 4. The summed E-state index contributed by atoms with van der Waals surface area (Å²) in [7, 11) is 0. The third-order valence-electron chi connectivity index (χ3n) is 3.07. The first kappa shape index (κ1) is 13.4. The van der Waals surface area contributed by atoms with Crippen molar-refractivity contribution in [2.45, 2.75) is 6.54 Å². The van der Waals surface area contributed by atoms with Crippen LogP contribution in [0.4, 0.5) is 9.59 Å². The zero-order valence-electron chi connectivity index (χ0n) is 10.6. The van der Waals surface area contributed by atoms with Crippen molar-refractivity contribution in [1.29, 1.82) is 0 Å². The van der Waals surface area contributed by atoms with Crippen LogP contribution in [0.1, 0.15) is 5.56 Å². The van der Waals surface area contributed by atoms with E-state index in [9.17, 15) is 9.59 Å². The molecule has 0 saturated carbocycles. The topological polar surface area (TPSA) is 75.9 Å². The Kier molecular flexibility index (Phi) is 4.35. The second-order valence-electron chi connectivity index (χ2n) is 4.44. The summed E-state index contributed by atoms with van der Waals surface area (Å²) >= 11 is 0. The molecule has 1 aromatic carbocycles. The number of benzene rings is 1. The number of carbonyl (C=O) groups excluding carboxylic acids is 2. The van der Waals surface area contributed by atoms with Gasteiger partial charge in [0.25, 0.3) is 0 Å². The molecular formula is C13H17N3O3. The average molecular weight is 263 g/mol. The quantitative estimate of drug-likeness (QED) is 0.808. The minimum Gasteiger partial charge on any atom is -0.359 e. The molecular weight excluding hydrogens is 246 g/mol.